The molecule has 3 heteroatoms. The fourth-order valence-electron chi connectivity index (χ4n) is 2.36. The maximum atomic E-state index is 10.0. The maximum absolute atomic E-state index is 10.0. The Labute approximate surface area is 123 Å². The zero-order chi connectivity index (χ0) is 15.1. The van der Waals surface area contributed by atoms with Crippen molar-refractivity contribution in [1.29, 1.82) is 0 Å². The lowest BCUT2D eigenvalue weighted by atomic mass is 10.1. The molecule has 3 nitrogen and oxygen atoms in total. The molecule has 0 radical (unpaired) electrons. The number of nitrogens with two attached hydrogens (primary N) is 1. The van der Waals surface area contributed by atoms with E-state index in [4.69, 9.17) is 4.74 Å². The maximum Gasteiger partial charge on any atom is 0.137 e. The summed E-state index contributed by atoms with van der Waals surface area (Å²) in [4.78, 5) is 0. The number of hydrogen-bond donors (Lipinski definition) is 2. The largest absolute Gasteiger partial charge is 0.490 e. The van der Waals surface area contributed by atoms with Gasteiger partial charge in [-0.15, -0.1) is 0 Å². The van der Waals surface area contributed by atoms with E-state index in [2.05, 4.69) is 45.1 Å². The van der Waals surface area contributed by atoms with Crippen molar-refractivity contribution in [2.45, 2.75) is 59.6 Å². The van der Waals surface area contributed by atoms with Crippen molar-refractivity contribution in [3.05, 3.63) is 28.8 Å². The van der Waals surface area contributed by atoms with E-state index < -0.39 is 6.10 Å². The standard InChI is InChI=1S/C17H29NO2/c1-6-7-14(4)18-10-16(19)11-20-17-13(3)9-8-12(2)15(17)5/h8-9,14,16,18-19H,6-7,10-11H2,1-5H3/p+1/t14-,16-/m1/s1. The molecule has 0 aromatic heterocycles. The van der Waals surface area contributed by atoms with Crippen molar-refractivity contribution in [1.82, 2.24) is 0 Å². The van der Waals surface area contributed by atoms with E-state index in [-0.39, 0.29) is 0 Å². The third kappa shape index (κ3) is 5.14. The Hall–Kier alpha value is -1.06. The fourth-order valence-corrected chi connectivity index (χ4v) is 2.36. The molecule has 0 unspecified atom stereocenters. The van der Waals surface area contributed by atoms with Gasteiger partial charge in [-0.25, -0.2) is 0 Å². The van der Waals surface area contributed by atoms with Crippen LogP contribution in [0.5, 0.6) is 5.75 Å². The van der Waals surface area contributed by atoms with Crippen molar-refractivity contribution >= 4 is 0 Å². The number of quaternary nitrogens is 1. The zero-order valence-electron chi connectivity index (χ0n) is 13.6. The minimum absolute atomic E-state index is 0.362. The molecule has 1 aromatic rings. The lowest BCUT2D eigenvalue weighted by Gasteiger charge is -2.17. The molecule has 0 amide bonds. The van der Waals surface area contributed by atoms with Crippen molar-refractivity contribution in [2.24, 2.45) is 0 Å². The topological polar surface area (TPSA) is 46.1 Å². The Balaban J connectivity index is 2.45. The summed E-state index contributed by atoms with van der Waals surface area (Å²) in [5, 5.41) is 12.2. The molecular weight excluding hydrogens is 250 g/mol. The van der Waals surface area contributed by atoms with Crippen LogP contribution in [0.3, 0.4) is 0 Å². The van der Waals surface area contributed by atoms with Crippen molar-refractivity contribution in [3.63, 3.8) is 0 Å². The number of rotatable bonds is 8. The monoisotopic (exact) mass is 280 g/mol. The molecule has 0 spiro atoms. The van der Waals surface area contributed by atoms with Crippen LogP contribution in [-0.4, -0.2) is 30.4 Å². The molecule has 1 rings (SSSR count). The summed E-state index contributed by atoms with van der Waals surface area (Å²) in [7, 11) is 0. The summed E-state index contributed by atoms with van der Waals surface area (Å²) in [5.74, 6) is 0.922. The number of benzene rings is 1. The average molecular weight is 280 g/mol. The van der Waals surface area contributed by atoms with Gasteiger partial charge in [-0.3, -0.25) is 0 Å². The van der Waals surface area contributed by atoms with Gasteiger partial charge in [0.15, 0.2) is 0 Å². The Bertz CT molecular complexity index is 418. The Morgan fingerprint density at radius 2 is 1.85 bits per heavy atom. The van der Waals surface area contributed by atoms with Crippen LogP contribution in [0, 0.1) is 20.8 Å². The van der Waals surface area contributed by atoms with E-state index in [1.165, 1.54) is 24.0 Å². The quantitative estimate of drug-likeness (QED) is 0.766. The smallest absolute Gasteiger partial charge is 0.137 e. The SMILES string of the molecule is CCC[C@@H](C)[NH2+]C[C@@H](O)COc1c(C)ccc(C)c1C. The van der Waals surface area contributed by atoms with Gasteiger partial charge in [0.05, 0.1) is 6.04 Å². The van der Waals surface area contributed by atoms with Gasteiger partial charge in [0.25, 0.3) is 0 Å². The summed E-state index contributed by atoms with van der Waals surface area (Å²) in [6.07, 6.45) is 1.95. The second-order valence-electron chi connectivity index (χ2n) is 5.86. The minimum atomic E-state index is -0.423. The molecule has 0 saturated carbocycles. The van der Waals surface area contributed by atoms with E-state index >= 15 is 0 Å². The number of ether oxygens (including phenoxy) is 1. The molecule has 0 heterocycles. The normalized spacial score (nSPS) is 14.1. The second kappa shape index (κ2) is 8.28. The van der Waals surface area contributed by atoms with E-state index in [0.717, 1.165) is 11.3 Å². The highest BCUT2D eigenvalue weighted by Crippen LogP contribution is 2.25. The summed E-state index contributed by atoms with van der Waals surface area (Å²) in [6, 6.07) is 4.74. The average Bonchev–Trinajstić information content (AvgIpc) is 2.41. The molecule has 3 N–H and O–H groups in total. The van der Waals surface area contributed by atoms with E-state index in [9.17, 15) is 5.11 Å². The van der Waals surface area contributed by atoms with E-state index in [1.54, 1.807) is 0 Å². The first kappa shape index (κ1) is 17.0. The van der Waals surface area contributed by atoms with Crippen LogP contribution in [0.2, 0.25) is 0 Å². The first-order chi connectivity index (χ1) is 9.45. The van der Waals surface area contributed by atoms with Gasteiger partial charge in [0, 0.05) is 0 Å². The Kier molecular flexibility index (Phi) is 7.03. The first-order valence-electron chi connectivity index (χ1n) is 7.66. The molecule has 0 aliphatic rings. The molecule has 0 fully saturated rings. The van der Waals surface area contributed by atoms with Crippen LogP contribution < -0.4 is 10.1 Å². The summed E-state index contributed by atoms with van der Waals surface area (Å²) >= 11 is 0. The predicted octanol–water partition coefficient (Wildman–Crippen LogP) is 2.10. The van der Waals surface area contributed by atoms with E-state index in [0.29, 0.717) is 19.2 Å². The van der Waals surface area contributed by atoms with E-state index in [1.807, 2.05) is 6.92 Å². The fraction of sp³-hybridized carbons (Fsp3) is 0.647. The highest BCUT2D eigenvalue weighted by Gasteiger charge is 2.13. The first-order valence-corrected chi connectivity index (χ1v) is 7.66. The molecular formula is C17H30NO2+. The predicted molar refractivity (Wildman–Crippen MR) is 83.3 cm³/mol. The third-order valence-electron chi connectivity index (χ3n) is 3.85. The molecule has 0 aliphatic carbocycles. The van der Waals surface area contributed by atoms with Gasteiger partial charge in [0.2, 0.25) is 0 Å². The Morgan fingerprint density at radius 3 is 2.50 bits per heavy atom. The summed E-state index contributed by atoms with van der Waals surface area (Å²) in [6.45, 7) is 11.6. The third-order valence-corrected chi connectivity index (χ3v) is 3.85. The van der Waals surface area contributed by atoms with Gasteiger partial charge in [-0.2, -0.15) is 0 Å². The van der Waals surface area contributed by atoms with Gasteiger partial charge in [0.1, 0.15) is 25.0 Å². The molecule has 1 aromatic carbocycles. The molecule has 2 atom stereocenters. The van der Waals surface area contributed by atoms with Gasteiger partial charge < -0.3 is 15.2 Å². The van der Waals surface area contributed by atoms with Crippen LogP contribution in [0.25, 0.3) is 0 Å². The lowest BCUT2D eigenvalue weighted by Crippen LogP contribution is -2.91. The summed E-state index contributed by atoms with van der Waals surface area (Å²) < 4.78 is 5.83. The van der Waals surface area contributed by atoms with Crippen molar-refractivity contribution in [2.75, 3.05) is 13.2 Å². The number of aliphatic hydroxyl groups is 1. The van der Waals surface area contributed by atoms with Crippen LogP contribution >= 0.6 is 0 Å². The molecule has 20 heavy (non-hydrogen) atoms. The molecule has 0 aliphatic heterocycles. The number of hydrogen-bond acceptors (Lipinski definition) is 2. The van der Waals surface area contributed by atoms with Crippen LogP contribution in [0.4, 0.5) is 0 Å². The van der Waals surface area contributed by atoms with Gasteiger partial charge in [-0.05, 0) is 50.8 Å². The van der Waals surface area contributed by atoms with Crippen LogP contribution in [-0.2, 0) is 0 Å². The highest BCUT2D eigenvalue weighted by molar-refractivity contribution is 5.44. The number of aryl methyl sites for hydroxylation is 2. The molecule has 114 valence electrons. The zero-order valence-corrected chi connectivity index (χ0v) is 13.6. The highest BCUT2D eigenvalue weighted by atomic mass is 16.5. The number of aliphatic hydroxyl groups excluding tert-OH is 1. The summed E-state index contributed by atoms with van der Waals surface area (Å²) in [5.41, 5.74) is 3.52. The minimum Gasteiger partial charge on any atom is -0.490 e. The van der Waals surface area contributed by atoms with Crippen molar-refractivity contribution in [3.8, 4) is 5.75 Å². The molecule has 0 saturated heterocycles. The van der Waals surface area contributed by atoms with Crippen LogP contribution in [0.15, 0.2) is 12.1 Å². The van der Waals surface area contributed by atoms with Crippen molar-refractivity contribution < 1.29 is 15.2 Å². The molecule has 0 bridgehead atoms. The lowest BCUT2D eigenvalue weighted by molar-refractivity contribution is -0.692. The Morgan fingerprint density at radius 1 is 1.20 bits per heavy atom. The van der Waals surface area contributed by atoms with Gasteiger partial charge >= 0.3 is 0 Å². The van der Waals surface area contributed by atoms with Gasteiger partial charge in [-0.1, -0.05) is 25.5 Å². The van der Waals surface area contributed by atoms with Crippen LogP contribution in [0.1, 0.15) is 43.4 Å². The second-order valence-corrected chi connectivity index (χ2v) is 5.86.